The molecule has 0 nitrogen and oxygen atoms in total. The summed E-state index contributed by atoms with van der Waals surface area (Å²) in [4.78, 5) is 0. The summed E-state index contributed by atoms with van der Waals surface area (Å²) in [7, 11) is 0. The number of rotatable bonds is 1. The molecule has 0 unspecified atom stereocenters. The second-order valence-electron chi connectivity index (χ2n) is 11.0. The topological polar surface area (TPSA) is 0 Å². The Hall–Kier alpha value is -5.20. The van der Waals surface area contributed by atoms with Gasteiger partial charge in [0.2, 0.25) is 0 Å². The highest BCUT2D eigenvalue weighted by atomic mass is 14.1. The number of benzene rings is 9. The van der Waals surface area contributed by atoms with Crippen LogP contribution in [0.25, 0.3) is 86.5 Å². The van der Waals surface area contributed by atoms with Crippen molar-refractivity contribution in [2.45, 2.75) is 0 Å². The van der Waals surface area contributed by atoms with Gasteiger partial charge in [0.1, 0.15) is 0 Å². The number of fused-ring (bicyclic) bond motifs is 7. The van der Waals surface area contributed by atoms with Gasteiger partial charge in [-0.1, -0.05) is 78.9 Å². The minimum atomic E-state index is 1.13. The van der Waals surface area contributed by atoms with Crippen molar-refractivity contribution in [1.82, 2.24) is 0 Å². The van der Waals surface area contributed by atoms with E-state index >= 15 is 0 Å². The van der Waals surface area contributed by atoms with Crippen LogP contribution in [-0.4, -0.2) is 0 Å². The van der Waals surface area contributed by atoms with Gasteiger partial charge in [0.25, 0.3) is 0 Å². The van der Waals surface area contributed by atoms with E-state index in [4.69, 9.17) is 0 Å². The first-order valence-corrected chi connectivity index (χ1v) is 13.8. The van der Waals surface area contributed by atoms with Crippen molar-refractivity contribution in [3.63, 3.8) is 0 Å². The lowest BCUT2D eigenvalue weighted by atomic mass is 9.93. The van der Waals surface area contributed by atoms with Crippen LogP contribution in [0.5, 0.6) is 0 Å². The molecular weight excluding hydrogens is 480 g/mol. The van der Waals surface area contributed by atoms with Crippen molar-refractivity contribution in [2.24, 2.45) is 0 Å². The van der Waals surface area contributed by atoms with E-state index in [0.29, 0.717) is 0 Å². The molecule has 0 saturated heterocycles. The fourth-order valence-electron chi connectivity index (χ4n) is 6.48. The minimum Gasteiger partial charge on any atom is -0.0616 e. The molecule has 0 heteroatoms. The summed E-state index contributed by atoms with van der Waals surface area (Å²) in [5.74, 6) is 0. The monoisotopic (exact) mass is 503 g/mol. The van der Waals surface area contributed by atoms with Crippen LogP contribution in [0.4, 0.5) is 0 Å². The standard InChI is InChI=1S/C40H23/c1-2-8-27-16-34-21-38-23-36-19-32-18-31(39-11-5-10-30-14-25-6-3-4-9-28(25)24-40(30)39)13-12-29(32)17-35(36)22-37(38)20-33(34)15-26(27)7-1/h1-17,19-24H. The molecule has 0 N–H and O–H groups in total. The number of hydrogen-bond donors (Lipinski definition) is 0. The quantitative estimate of drug-likeness (QED) is 0.195. The summed E-state index contributed by atoms with van der Waals surface area (Å²) in [6, 6.07) is 55.2. The molecule has 0 heterocycles. The van der Waals surface area contributed by atoms with Gasteiger partial charge in [-0.15, -0.1) is 0 Å². The molecule has 0 spiro atoms. The largest absolute Gasteiger partial charge is 0.0616 e. The van der Waals surface area contributed by atoms with E-state index in [-0.39, 0.29) is 0 Å². The Balaban J connectivity index is 1.23. The van der Waals surface area contributed by atoms with Gasteiger partial charge in [0.05, 0.1) is 0 Å². The van der Waals surface area contributed by atoms with Gasteiger partial charge in [0, 0.05) is 0 Å². The summed E-state index contributed by atoms with van der Waals surface area (Å²) in [5.41, 5.74) is 2.36. The SMILES string of the molecule is [c]1c(-c2cccc3cc4ccccc4cc23)ccc2cc3cc4cc5cc6ccccc6cc5cc4cc3cc12. The average Bonchev–Trinajstić information content (AvgIpc) is 2.99. The van der Waals surface area contributed by atoms with Crippen LogP contribution in [0.15, 0.2) is 140 Å². The summed E-state index contributed by atoms with van der Waals surface area (Å²) >= 11 is 0. The van der Waals surface area contributed by atoms with Crippen molar-refractivity contribution < 1.29 is 0 Å². The van der Waals surface area contributed by atoms with E-state index in [0.717, 1.165) is 10.9 Å². The normalized spacial score (nSPS) is 12.0. The van der Waals surface area contributed by atoms with E-state index in [1.54, 1.807) is 0 Å². The predicted octanol–water partition coefficient (Wildman–Crippen LogP) is 11.2. The highest BCUT2D eigenvalue weighted by Gasteiger charge is 2.09. The molecule has 0 aliphatic carbocycles. The smallest absolute Gasteiger partial charge is 0.00139 e. The maximum atomic E-state index is 3.77. The van der Waals surface area contributed by atoms with Gasteiger partial charge in [-0.3, -0.25) is 0 Å². The van der Waals surface area contributed by atoms with E-state index in [1.807, 2.05) is 0 Å². The second-order valence-corrected chi connectivity index (χ2v) is 11.0. The van der Waals surface area contributed by atoms with Crippen LogP contribution < -0.4 is 0 Å². The molecule has 0 bridgehead atoms. The zero-order chi connectivity index (χ0) is 26.2. The Morgan fingerprint density at radius 2 is 0.750 bits per heavy atom. The molecular formula is C40H23. The Kier molecular flexibility index (Phi) is 4.42. The highest BCUT2D eigenvalue weighted by molar-refractivity contribution is 6.11. The third kappa shape index (κ3) is 3.33. The Morgan fingerprint density at radius 3 is 1.35 bits per heavy atom. The first-order valence-electron chi connectivity index (χ1n) is 13.8. The van der Waals surface area contributed by atoms with Crippen molar-refractivity contribution in [3.8, 4) is 11.1 Å². The van der Waals surface area contributed by atoms with Gasteiger partial charge in [-0.2, -0.15) is 0 Å². The number of hydrogen-bond acceptors (Lipinski definition) is 0. The van der Waals surface area contributed by atoms with Gasteiger partial charge < -0.3 is 0 Å². The van der Waals surface area contributed by atoms with E-state index < -0.39 is 0 Å². The molecule has 40 heavy (non-hydrogen) atoms. The molecule has 9 aromatic carbocycles. The average molecular weight is 504 g/mol. The molecule has 9 aromatic rings. The van der Waals surface area contributed by atoms with E-state index in [9.17, 15) is 0 Å². The van der Waals surface area contributed by atoms with Crippen LogP contribution in [0.2, 0.25) is 0 Å². The maximum absolute atomic E-state index is 3.77. The highest BCUT2D eigenvalue weighted by Crippen LogP contribution is 2.35. The van der Waals surface area contributed by atoms with Gasteiger partial charge in [0.15, 0.2) is 0 Å². The molecule has 183 valence electrons. The first-order chi connectivity index (χ1) is 19.7. The lowest BCUT2D eigenvalue weighted by Gasteiger charge is -2.11. The lowest BCUT2D eigenvalue weighted by molar-refractivity contribution is 1.69. The van der Waals surface area contributed by atoms with Crippen LogP contribution >= 0.6 is 0 Å². The molecule has 0 fully saturated rings. The molecule has 0 amide bonds. The fraction of sp³-hybridized carbons (Fsp3) is 0. The van der Waals surface area contributed by atoms with Crippen LogP contribution in [-0.2, 0) is 0 Å². The minimum absolute atomic E-state index is 1.13. The maximum Gasteiger partial charge on any atom is -0.00139 e. The predicted molar refractivity (Wildman–Crippen MR) is 173 cm³/mol. The van der Waals surface area contributed by atoms with Crippen molar-refractivity contribution in [3.05, 3.63) is 146 Å². The molecule has 0 saturated carbocycles. The molecule has 1 radical (unpaired) electrons. The molecule has 0 aliphatic heterocycles. The van der Waals surface area contributed by atoms with Gasteiger partial charge >= 0.3 is 0 Å². The van der Waals surface area contributed by atoms with E-state index in [2.05, 4.69) is 146 Å². The van der Waals surface area contributed by atoms with Crippen LogP contribution in [0, 0.1) is 6.07 Å². The molecule has 0 atom stereocenters. The fourth-order valence-corrected chi connectivity index (χ4v) is 6.48. The van der Waals surface area contributed by atoms with Crippen molar-refractivity contribution >= 4 is 75.4 Å². The van der Waals surface area contributed by atoms with Crippen molar-refractivity contribution in [1.29, 1.82) is 0 Å². The zero-order valence-electron chi connectivity index (χ0n) is 21.8. The Bertz CT molecular complexity index is 2480. The van der Waals surface area contributed by atoms with Crippen molar-refractivity contribution in [2.75, 3.05) is 0 Å². The van der Waals surface area contributed by atoms with Gasteiger partial charge in [-0.25, -0.2) is 0 Å². The van der Waals surface area contributed by atoms with Crippen LogP contribution in [0.3, 0.4) is 0 Å². The van der Waals surface area contributed by atoms with E-state index in [1.165, 1.54) is 75.6 Å². The molecule has 0 aliphatic rings. The summed E-state index contributed by atoms with van der Waals surface area (Å²) in [6.07, 6.45) is 0. The Labute approximate surface area is 231 Å². The molecule has 9 rings (SSSR count). The third-order valence-electron chi connectivity index (χ3n) is 8.52. The summed E-state index contributed by atoms with van der Waals surface area (Å²) in [6.45, 7) is 0. The third-order valence-corrected chi connectivity index (χ3v) is 8.52. The lowest BCUT2D eigenvalue weighted by Crippen LogP contribution is -1.85. The summed E-state index contributed by atoms with van der Waals surface area (Å²) in [5, 5.41) is 17.6. The molecule has 0 aromatic heterocycles. The van der Waals surface area contributed by atoms with Crippen LogP contribution in [0.1, 0.15) is 0 Å². The second kappa shape index (κ2) is 8.15. The summed E-state index contributed by atoms with van der Waals surface area (Å²) < 4.78 is 0. The van der Waals surface area contributed by atoms with Gasteiger partial charge in [-0.05, 0) is 153 Å². The Morgan fingerprint density at radius 1 is 0.300 bits per heavy atom. The first kappa shape index (κ1) is 21.7. The zero-order valence-corrected chi connectivity index (χ0v) is 21.8.